The van der Waals surface area contributed by atoms with E-state index >= 15 is 0 Å². The average molecular weight is 452 g/mol. The molecule has 0 saturated carbocycles. The summed E-state index contributed by atoms with van der Waals surface area (Å²) >= 11 is 0. The average Bonchev–Trinajstić information content (AvgIpc) is 2.99. The molecule has 0 amide bonds. The number of carbonyl (C=O) groups excluding carboxylic acids is 1. The number of phenols is 1. The lowest BCUT2D eigenvalue weighted by atomic mass is 10.0. The largest absolute Gasteiger partial charge is 0.508 e. The van der Waals surface area contributed by atoms with Crippen LogP contribution in [0.3, 0.4) is 0 Å². The molecular formula is C23H17NO5S2. The van der Waals surface area contributed by atoms with E-state index < -0.39 is 11.6 Å². The lowest BCUT2D eigenvalue weighted by Crippen LogP contribution is -2.08. The molecule has 0 unspecified atom stereocenters. The van der Waals surface area contributed by atoms with Crippen molar-refractivity contribution in [1.82, 2.24) is 0 Å². The van der Waals surface area contributed by atoms with E-state index in [4.69, 9.17) is 14.9 Å². The molecule has 1 aliphatic carbocycles. The Morgan fingerprint density at radius 3 is 2.48 bits per heavy atom. The van der Waals surface area contributed by atoms with E-state index in [0.29, 0.717) is 27.7 Å². The first kappa shape index (κ1) is 21.0. The predicted octanol–water partition coefficient (Wildman–Crippen LogP) is 4.99. The van der Waals surface area contributed by atoms with Crippen LogP contribution in [0.2, 0.25) is 0 Å². The van der Waals surface area contributed by atoms with Crippen LogP contribution in [-0.4, -0.2) is 17.0 Å². The molecule has 156 valence electrons. The van der Waals surface area contributed by atoms with Crippen LogP contribution >= 0.6 is 21.6 Å². The van der Waals surface area contributed by atoms with Gasteiger partial charge in [-0.2, -0.15) is 0 Å². The van der Waals surface area contributed by atoms with Crippen molar-refractivity contribution in [1.29, 1.82) is 0 Å². The Morgan fingerprint density at radius 2 is 1.77 bits per heavy atom. The van der Waals surface area contributed by atoms with E-state index in [0.717, 1.165) is 5.56 Å². The summed E-state index contributed by atoms with van der Waals surface area (Å²) < 4.78 is 11.1. The fourth-order valence-corrected chi connectivity index (χ4v) is 4.52. The standard InChI is InChI=1S/C23H17NO5S2/c24-13-30-31-20-11-10-17-18(28-23(27)21(17)14-4-2-1-3-5-14)12-19(20)29-22(26)15-6-8-16(25)9-7-15/h1-12,25H,13,24H2. The van der Waals surface area contributed by atoms with E-state index in [1.54, 1.807) is 18.2 Å². The summed E-state index contributed by atoms with van der Waals surface area (Å²) in [6.07, 6.45) is 0. The molecule has 4 rings (SSSR count). The number of carbonyl (C=O) groups is 1. The number of phenolic OH excluding ortho intramolecular Hbond substituents is 1. The number of hydrogen-bond donors (Lipinski definition) is 2. The molecule has 2 aliphatic rings. The van der Waals surface area contributed by atoms with Crippen LogP contribution in [0.1, 0.15) is 10.4 Å². The molecular weight excluding hydrogens is 434 g/mol. The third-order valence-electron chi connectivity index (χ3n) is 4.43. The molecule has 8 heteroatoms. The molecule has 2 aromatic carbocycles. The first-order chi connectivity index (χ1) is 15.1. The van der Waals surface area contributed by atoms with Crippen molar-refractivity contribution in [2.45, 2.75) is 4.90 Å². The topological polar surface area (TPSA) is 103 Å². The van der Waals surface area contributed by atoms with E-state index in [1.165, 1.54) is 45.9 Å². The molecule has 0 atom stereocenters. The van der Waals surface area contributed by atoms with Crippen LogP contribution in [0.4, 0.5) is 0 Å². The van der Waals surface area contributed by atoms with Gasteiger partial charge in [-0.1, -0.05) is 51.9 Å². The SMILES string of the molecule is NCSSc1ccc2c(-c3ccccc3)c(=O)oc-2cc1OC(=O)c1ccc(O)cc1. The normalized spacial score (nSPS) is 10.9. The van der Waals surface area contributed by atoms with E-state index in [9.17, 15) is 14.7 Å². The highest BCUT2D eigenvalue weighted by atomic mass is 33.1. The van der Waals surface area contributed by atoms with Gasteiger partial charge in [0, 0.05) is 11.6 Å². The van der Waals surface area contributed by atoms with Gasteiger partial charge in [0.05, 0.1) is 21.9 Å². The van der Waals surface area contributed by atoms with Crippen LogP contribution in [0.25, 0.3) is 22.5 Å². The number of rotatable bonds is 6. The fourth-order valence-electron chi connectivity index (χ4n) is 3.02. The molecule has 31 heavy (non-hydrogen) atoms. The predicted molar refractivity (Wildman–Crippen MR) is 123 cm³/mol. The molecule has 0 radical (unpaired) electrons. The van der Waals surface area contributed by atoms with Gasteiger partial charge in [0.15, 0.2) is 0 Å². The number of ether oxygens (including phenoxy) is 1. The molecule has 0 fully saturated rings. The minimum Gasteiger partial charge on any atom is -0.508 e. The Hall–Kier alpha value is -3.20. The van der Waals surface area contributed by atoms with Crippen LogP contribution in [0.15, 0.2) is 86.9 Å². The number of furan rings is 1. The summed E-state index contributed by atoms with van der Waals surface area (Å²) in [5.74, 6) is 0.363. The first-order valence-electron chi connectivity index (χ1n) is 9.24. The fraction of sp³-hybridized carbons (Fsp3) is 0.0435. The van der Waals surface area contributed by atoms with Crippen molar-refractivity contribution in [3.63, 3.8) is 0 Å². The minimum absolute atomic E-state index is 0.0481. The van der Waals surface area contributed by atoms with Gasteiger partial charge in [0.25, 0.3) is 0 Å². The third kappa shape index (κ3) is 4.61. The molecule has 0 aromatic heterocycles. The van der Waals surface area contributed by atoms with E-state index in [2.05, 4.69) is 0 Å². The van der Waals surface area contributed by atoms with Crippen LogP contribution in [-0.2, 0) is 0 Å². The maximum atomic E-state index is 12.6. The maximum absolute atomic E-state index is 12.6. The van der Waals surface area contributed by atoms with Gasteiger partial charge < -0.3 is 20.0 Å². The van der Waals surface area contributed by atoms with Crippen LogP contribution in [0, 0.1) is 0 Å². The van der Waals surface area contributed by atoms with Crippen molar-refractivity contribution in [2.75, 3.05) is 5.88 Å². The first-order valence-corrected chi connectivity index (χ1v) is 11.6. The van der Waals surface area contributed by atoms with Gasteiger partial charge >= 0.3 is 11.6 Å². The Bertz CT molecular complexity index is 1240. The smallest absolute Gasteiger partial charge is 0.344 e. The number of aromatic hydroxyl groups is 1. The molecule has 3 N–H and O–H groups in total. The zero-order valence-corrected chi connectivity index (χ0v) is 17.7. The zero-order valence-electron chi connectivity index (χ0n) is 16.1. The minimum atomic E-state index is -0.601. The van der Waals surface area contributed by atoms with Crippen molar-refractivity contribution in [3.05, 3.63) is 88.8 Å². The summed E-state index contributed by atoms with van der Waals surface area (Å²) in [5, 5.41) is 9.43. The van der Waals surface area contributed by atoms with Gasteiger partial charge in [-0.15, -0.1) is 0 Å². The second-order valence-electron chi connectivity index (χ2n) is 6.42. The molecule has 0 spiro atoms. The summed E-state index contributed by atoms with van der Waals surface area (Å²) in [7, 11) is 2.74. The lowest BCUT2D eigenvalue weighted by Gasteiger charge is -2.07. The number of fused-ring (bicyclic) bond motifs is 1. The molecule has 6 nitrogen and oxygen atoms in total. The van der Waals surface area contributed by atoms with Gasteiger partial charge in [-0.3, -0.25) is 0 Å². The van der Waals surface area contributed by atoms with E-state index in [-0.39, 0.29) is 17.1 Å². The number of esters is 1. The third-order valence-corrected chi connectivity index (χ3v) is 6.50. The van der Waals surface area contributed by atoms with Crippen molar-refractivity contribution in [3.8, 4) is 33.9 Å². The monoisotopic (exact) mass is 451 g/mol. The highest BCUT2D eigenvalue weighted by Crippen LogP contribution is 2.41. The summed E-state index contributed by atoms with van der Waals surface area (Å²) in [5.41, 5.74) is 7.23. The van der Waals surface area contributed by atoms with Crippen LogP contribution in [0.5, 0.6) is 11.5 Å². The summed E-state index contributed by atoms with van der Waals surface area (Å²) in [6, 6.07) is 20.1. The molecule has 0 saturated heterocycles. The quantitative estimate of drug-likeness (QED) is 0.240. The van der Waals surface area contributed by atoms with Gasteiger partial charge in [0.2, 0.25) is 0 Å². The highest BCUT2D eigenvalue weighted by Gasteiger charge is 2.21. The molecule has 1 aliphatic heterocycles. The second-order valence-corrected chi connectivity index (χ2v) is 8.80. The number of nitrogens with two attached hydrogens (primary N) is 1. The summed E-state index contributed by atoms with van der Waals surface area (Å²) in [6.45, 7) is 0. The number of benzene rings is 2. The van der Waals surface area contributed by atoms with Crippen molar-refractivity contribution >= 4 is 27.6 Å². The highest BCUT2D eigenvalue weighted by molar-refractivity contribution is 8.76. The van der Waals surface area contributed by atoms with Gasteiger partial charge in [-0.25, -0.2) is 9.59 Å². The Morgan fingerprint density at radius 1 is 1.03 bits per heavy atom. The molecule has 2 aromatic rings. The maximum Gasteiger partial charge on any atom is 0.344 e. The zero-order chi connectivity index (χ0) is 21.8. The molecule has 0 bridgehead atoms. The lowest BCUT2D eigenvalue weighted by molar-refractivity contribution is 0.0730. The van der Waals surface area contributed by atoms with Gasteiger partial charge in [0.1, 0.15) is 17.3 Å². The Kier molecular flexibility index (Phi) is 6.31. The van der Waals surface area contributed by atoms with Crippen molar-refractivity contribution < 1.29 is 19.1 Å². The Balaban J connectivity index is 1.78. The number of hydrogen-bond acceptors (Lipinski definition) is 8. The Labute approximate surface area is 185 Å². The van der Waals surface area contributed by atoms with E-state index in [1.807, 2.05) is 30.3 Å². The second kappa shape index (κ2) is 9.30. The van der Waals surface area contributed by atoms with Gasteiger partial charge in [-0.05, 0) is 42.0 Å². The summed E-state index contributed by atoms with van der Waals surface area (Å²) in [4.78, 5) is 25.9. The van der Waals surface area contributed by atoms with Crippen LogP contribution < -0.4 is 16.1 Å². The van der Waals surface area contributed by atoms with Crippen molar-refractivity contribution in [2.24, 2.45) is 5.73 Å². The molecule has 1 heterocycles.